The van der Waals surface area contributed by atoms with Gasteiger partial charge in [0.1, 0.15) is 0 Å². The zero-order valence-corrected chi connectivity index (χ0v) is 15.2. The van der Waals surface area contributed by atoms with Crippen molar-refractivity contribution in [2.45, 2.75) is 25.7 Å². The van der Waals surface area contributed by atoms with Crippen LogP contribution in [0.25, 0.3) is 0 Å². The summed E-state index contributed by atoms with van der Waals surface area (Å²) in [6.45, 7) is 1.97. The first-order valence-corrected chi connectivity index (χ1v) is 7.80. The summed E-state index contributed by atoms with van der Waals surface area (Å²) in [5, 5.41) is 6.07. The molecule has 2 aliphatic rings. The van der Waals surface area contributed by atoms with E-state index in [1.165, 1.54) is 10.5 Å². The predicted molar refractivity (Wildman–Crippen MR) is 94.4 cm³/mol. The molecule has 0 aromatic heterocycles. The molecule has 0 bridgehead atoms. The Hall–Kier alpha value is -1.02. The Morgan fingerprint density at radius 1 is 1.24 bits per heavy atom. The van der Waals surface area contributed by atoms with Gasteiger partial charge in [-0.1, -0.05) is 6.07 Å². The van der Waals surface area contributed by atoms with Gasteiger partial charge in [-0.25, -0.2) is 0 Å². The maximum Gasteiger partial charge on any atom is 0.401 e. The van der Waals surface area contributed by atoms with Gasteiger partial charge in [-0.15, -0.1) is 24.8 Å². The predicted octanol–water partition coefficient (Wildman–Crippen LogP) is 2.75. The first-order valence-electron chi connectivity index (χ1n) is 7.80. The molecule has 1 fully saturated rings. The third kappa shape index (κ3) is 6.02. The largest absolute Gasteiger partial charge is 0.401 e. The summed E-state index contributed by atoms with van der Waals surface area (Å²) in [7, 11) is 0. The van der Waals surface area contributed by atoms with E-state index in [4.69, 9.17) is 0 Å². The van der Waals surface area contributed by atoms with Gasteiger partial charge in [0, 0.05) is 31.7 Å². The van der Waals surface area contributed by atoms with Crippen LogP contribution in [0.5, 0.6) is 0 Å². The average molecular weight is 400 g/mol. The lowest BCUT2D eigenvalue weighted by Gasteiger charge is -2.18. The summed E-state index contributed by atoms with van der Waals surface area (Å²) in [6.07, 6.45) is -3.47. The van der Waals surface area contributed by atoms with E-state index >= 15 is 0 Å². The highest BCUT2D eigenvalue weighted by atomic mass is 35.5. The van der Waals surface area contributed by atoms with E-state index in [2.05, 4.69) is 10.6 Å². The van der Waals surface area contributed by atoms with Gasteiger partial charge in [-0.3, -0.25) is 9.69 Å². The van der Waals surface area contributed by atoms with E-state index in [1.807, 2.05) is 12.1 Å². The molecule has 1 aromatic carbocycles. The fraction of sp³-hybridized carbons (Fsp3) is 0.562. The molecule has 25 heavy (non-hydrogen) atoms. The van der Waals surface area contributed by atoms with E-state index in [9.17, 15) is 18.0 Å². The van der Waals surface area contributed by atoms with E-state index < -0.39 is 12.7 Å². The molecule has 2 N–H and O–H groups in total. The van der Waals surface area contributed by atoms with Crippen molar-refractivity contribution in [3.8, 4) is 0 Å². The number of hydrogen-bond donors (Lipinski definition) is 2. The smallest absolute Gasteiger partial charge is 0.352 e. The fourth-order valence-electron chi connectivity index (χ4n) is 3.25. The Kier molecular flexibility index (Phi) is 7.99. The Balaban J connectivity index is 0.00000156. The van der Waals surface area contributed by atoms with Crippen LogP contribution in [0.1, 0.15) is 27.9 Å². The number of benzene rings is 1. The highest BCUT2D eigenvalue weighted by Gasteiger charge is 2.34. The minimum Gasteiger partial charge on any atom is -0.352 e. The van der Waals surface area contributed by atoms with Crippen LogP contribution >= 0.6 is 24.8 Å². The zero-order valence-electron chi connectivity index (χ0n) is 13.6. The van der Waals surface area contributed by atoms with Gasteiger partial charge >= 0.3 is 6.18 Å². The minimum absolute atomic E-state index is 0. The summed E-state index contributed by atoms with van der Waals surface area (Å²) in [5.74, 6) is -0.0774. The molecule has 142 valence electrons. The minimum atomic E-state index is -4.16. The Morgan fingerprint density at radius 2 is 1.96 bits per heavy atom. The Morgan fingerprint density at radius 3 is 2.68 bits per heavy atom. The van der Waals surface area contributed by atoms with Gasteiger partial charge in [0.15, 0.2) is 0 Å². The van der Waals surface area contributed by atoms with Gasteiger partial charge in [-0.2, -0.15) is 13.2 Å². The lowest BCUT2D eigenvalue weighted by Crippen LogP contribution is -2.34. The number of rotatable bonds is 4. The van der Waals surface area contributed by atoms with Crippen LogP contribution in [0.4, 0.5) is 13.2 Å². The Labute approximate surface area is 157 Å². The quantitative estimate of drug-likeness (QED) is 0.817. The molecule has 2 heterocycles. The van der Waals surface area contributed by atoms with Gasteiger partial charge in [0.05, 0.1) is 6.54 Å². The molecule has 0 radical (unpaired) electrons. The second kappa shape index (κ2) is 9.07. The number of amides is 1. The van der Waals surface area contributed by atoms with Crippen LogP contribution in [0, 0.1) is 5.92 Å². The van der Waals surface area contributed by atoms with Crippen molar-refractivity contribution < 1.29 is 18.0 Å². The summed E-state index contributed by atoms with van der Waals surface area (Å²) in [5.41, 5.74) is 2.95. The van der Waals surface area contributed by atoms with Gasteiger partial charge < -0.3 is 10.6 Å². The topological polar surface area (TPSA) is 44.4 Å². The lowest BCUT2D eigenvalue weighted by molar-refractivity contribution is -0.143. The monoisotopic (exact) mass is 399 g/mol. The molecule has 9 heteroatoms. The fourth-order valence-corrected chi connectivity index (χ4v) is 3.25. The molecule has 2 aliphatic heterocycles. The second-order valence-corrected chi connectivity index (χ2v) is 6.30. The molecular weight excluding hydrogens is 378 g/mol. The van der Waals surface area contributed by atoms with Crippen molar-refractivity contribution in [3.63, 3.8) is 0 Å². The summed E-state index contributed by atoms with van der Waals surface area (Å²) in [4.78, 5) is 13.6. The maximum atomic E-state index is 12.4. The molecule has 0 aliphatic carbocycles. The number of carbonyl (C=O) groups is 1. The summed E-state index contributed by atoms with van der Waals surface area (Å²) in [6, 6.07) is 5.63. The number of nitrogens with zero attached hydrogens (tertiary/aromatic N) is 1. The summed E-state index contributed by atoms with van der Waals surface area (Å²) < 4.78 is 37.1. The SMILES string of the molecule is Cl.Cl.O=C(NCC1CCN(CC(F)(F)F)C1)c1ccc2c(c1)CNC2. The number of hydrogen-bond acceptors (Lipinski definition) is 3. The molecule has 3 rings (SSSR count). The number of halogens is 5. The van der Waals surface area contributed by atoms with Crippen LogP contribution in [0.3, 0.4) is 0 Å². The standard InChI is InChI=1S/C16H20F3N3O.2ClH/c17-16(18,19)10-22-4-3-11(9-22)6-21-15(23)12-1-2-13-7-20-8-14(13)5-12;;/h1-2,5,11,20H,3-4,6-10H2,(H,21,23);2*1H. The van der Waals surface area contributed by atoms with E-state index in [0.717, 1.165) is 18.7 Å². The number of nitrogens with one attached hydrogen (secondary N) is 2. The number of likely N-dealkylation sites (tertiary alicyclic amines) is 1. The third-order valence-corrected chi connectivity index (χ3v) is 4.42. The third-order valence-electron chi connectivity index (χ3n) is 4.42. The van der Waals surface area contributed by atoms with Crippen LogP contribution in [0.2, 0.25) is 0 Å². The highest BCUT2D eigenvalue weighted by molar-refractivity contribution is 5.94. The van der Waals surface area contributed by atoms with E-state index in [-0.39, 0.29) is 36.6 Å². The van der Waals surface area contributed by atoms with Crippen LogP contribution in [0.15, 0.2) is 18.2 Å². The molecular formula is C16H22Cl2F3N3O. The first-order chi connectivity index (χ1) is 10.9. The Bertz CT molecular complexity index is 598. The van der Waals surface area contributed by atoms with E-state index in [0.29, 0.717) is 31.6 Å². The van der Waals surface area contributed by atoms with Crippen molar-refractivity contribution >= 4 is 30.7 Å². The van der Waals surface area contributed by atoms with Crippen molar-refractivity contribution in [1.29, 1.82) is 0 Å². The molecule has 4 nitrogen and oxygen atoms in total. The molecule has 1 aromatic rings. The van der Waals surface area contributed by atoms with Gasteiger partial charge in [-0.05, 0) is 42.1 Å². The molecule has 1 atom stereocenters. The molecule has 1 unspecified atom stereocenters. The van der Waals surface area contributed by atoms with Gasteiger partial charge in [0.2, 0.25) is 0 Å². The number of alkyl halides is 3. The van der Waals surface area contributed by atoms with Crippen molar-refractivity contribution in [2.75, 3.05) is 26.2 Å². The molecule has 1 amide bonds. The molecule has 0 saturated carbocycles. The van der Waals surface area contributed by atoms with Crippen molar-refractivity contribution in [1.82, 2.24) is 15.5 Å². The van der Waals surface area contributed by atoms with Crippen molar-refractivity contribution in [3.05, 3.63) is 34.9 Å². The molecule has 1 saturated heterocycles. The van der Waals surface area contributed by atoms with Crippen molar-refractivity contribution in [2.24, 2.45) is 5.92 Å². The number of fused-ring (bicyclic) bond motifs is 1. The average Bonchev–Trinajstić information content (AvgIpc) is 3.11. The summed E-state index contributed by atoms with van der Waals surface area (Å²) >= 11 is 0. The second-order valence-electron chi connectivity index (χ2n) is 6.30. The molecule has 0 spiro atoms. The van der Waals surface area contributed by atoms with Gasteiger partial charge in [0.25, 0.3) is 5.91 Å². The number of carbonyl (C=O) groups excluding carboxylic acids is 1. The first kappa shape index (κ1) is 22.0. The van der Waals surface area contributed by atoms with Crippen LogP contribution in [-0.4, -0.2) is 43.2 Å². The van der Waals surface area contributed by atoms with E-state index in [1.54, 1.807) is 6.07 Å². The zero-order chi connectivity index (χ0) is 16.4. The lowest BCUT2D eigenvalue weighted by atomic mass is 10.1. The normalized spacial score (nSPS) is 19.7. The van der Waals surface area contributed by atoms with Crippen LogP contribution in [-0.2, 0) is 13.1 Å². The van der Waals surface area contributed by atoms with Crippen LogP contribution < -0.4 is 10.6 Å². The maximum absolute atomic E-state index is 12.4. The highest BCUT2D eigenvalue weighted by Crippen LogP contribution is 2.22.